The smallest absolute Gasteiger partial charge is 0.222 e. The summed E-state index contributed by atoms with van der Waals surface area (Å²) in [4.78, 5) is 22.1. The summed E-state index contributed by atoms with van der Waals surface area (Å²) < 4.78 is 0. The van der Waals surface area contributed by atoms with Gasteiger partial charge in [-0.05, 0) is 25.7 Å². The Bertz CT molecular complexity index is 680. The maximum absolute atomic E-state index is 5.93. The molecule has 3 heterocycles. The van der Waals surface area contributed by atoms with E-state index in [9.17, 15) is 0 Å². The van der Waals surface area contributed by atoms with Gasteiger partial charge in [0, 0.05) is 44.1 Å². The van der Waals surface area contributed by atoms with Crippen molar-refractivity contribution in [3.8, 4) is 0 Å². The van der Waals surface area contributed by atoms with Crippen LogP contribution in [0.4, 0.5) is 17.6 Å². The first-order valence-electron chi connectivity index (χ1n) is 8.22. The Kier molecular flexibility index (Phi) is 3.69. The first-order chi connectivity index (χ1) is 11.3. The Labute approximate surface area is 135 Å². The summed E-state index contributed by atoms with van der Waals surface area (Å²) in [6, 6.07) is 0. The minimum atomic E-state index is 0.400. The molecule has 1 aliphatic carbocycles. The number of nitrogens with zero attached hydrogens (tertiary/aromatic N) is 6. The minimum Gasteiger partial charge on any atom is -0.368 e. The van der Waals surface area contributed by atoms with Gasteiger partial charge in [-0.25, -0.2) is 9.97 Å². The molecule has 7 heteroatoms. The minimum absolute atomic E-state index is 0.400. The Balaban J connectivity index is 1.54. The molecule has 0 saturated carbocycles. The highest BCUT2D eigenvalue weighted by Crippen LogP contribution is 2.29. The Morgan fingerprint density at radius 3 is 2.48 bits per heavy atom. The van der Waals surface area contributed by atoms with E-state index in [0.29, 0.717) is 5.95 Å². The third-order valence-corrected chi connectivity index (χ3v) is 4.63. The number of aryl methyl sites for hydroxylation is 1. The van der Waals surface area contributed by atoms with E-state index in [2.05, 4.69) is 29.7 Å². The molecule has 0 spiro atoms. The van der Waals surface area contributed by atoms with Crippen molar-refractivity contribution < 1.29 is 0 Å². The molecule has 2 aromatic heterocycles. The van der Waals surface area contributed by atoms with E-state index in [1.54, 1.807) is 12.4 Å². The topological polar surface area (TPSA) is 84.1 Å². The lowest BCUT2D eigenvalue weighted by atomic mass is 9.96. The molecule has 120 valence electrons. The maximum atomic E-state index is 5.93. The Morgan fingerprint density at radius 1 is 0.913 bits per heavy atom. The molecule has 1 aliphatic heterocycles. The molecule has 7 nitrogen and oxygen atoms in total. The average Bonchev–Trinajstić information content (AvgIpc) is 2.62. The third-order valence-electron chi connectivity index (χ3n) is 4.63. The molecule has 1 fully saturated rings. The molecular weight excluding hydrogens is 290 g/mol. The fraction of sp³-hybridized carbons (Fsp3) is 0.500. The van der Waals surface area contributed by atoms with E-state index in [-0.39, 0.29) is 0 Å². The molecule has 0 amide bonds. The van der Waals surface area contributed by atoms with E-state index in [4.69, 9.17) is 5.73 Å². The summed E-state index contributed by atoms with van der Waals surface area (Å²) in [6.07, 6.45) is 9.76. The van der Waals surface area contributed by atoms with Crippen LogP contribution in [0.2, 0.25) is 0 Å². The van der Waals surface area contributed by atoms with Crippen LogP contribution in [-0.4, -0.2) is 46.1 Å². The molecule has 0 bridgehead atoms. The van der Waals surface area contributed by atoms with Crippen LogP contribution in [0, 0.1) is 0 Å². The number of nitrogens with two attached hydrogens (primary N) is 1. The van der Waals surface area contributed by atoms with Gasteiger partial charge in [0.25, 0.3) is 0 Å². The number of aromatic nitrogens is 4. The molecular formula is C16H21N7. The number of nitrogen functional groups attached to an aromatic ring is 1. The van der Waals surface area contributed by atoms with E-state index < -0.39 is 0 Å². The van der Waals surface area contributed by atoms with Gasteiger partial charge in [-0.15, -0.1) is 0 Å². The number of piperazine rings is 1. The molecule has 1 saturated heterocycles. The maximum Gasteiger partial charge on any atom is 0.222 e. The van der Waals surface area contributed by atoms with Gasteiger partial charge in [0.15, 0.2) is 0 Å². The van der Waals surface area contributed by atoms with E-state index in [0.717, 1.165) is 56.4 Å². The van der Waals surface area contributed by atoms with Gasteiger partial charge in [-0.3, -0.25) is 4.98 Å². The van der Waals surface area contributed by atoms with Crippen molar-refractivity contribution in [3.05, 3.63) is 29.8 Å². The predicted molar refractivity (Wildman–Crippen MR) is 89.5 cm³/mol. The normalized spacial score (nSPS) is 17.9. The van der Waals surface area contributed by atoms with E-state index >= 15 is 0 Å². The quantitative estimate of drug-likeness (QED) is 0.887. The van der Waals surface area contributed by atoms with E-state index in [1.807, 2.05) is 6.20 Å². The molecule has 0 aromatic carbocycles. The second-order valence-electron chi connectivity index (χ2n) is 6.08. The van der Waals surface area contributed by atoms with Crippen molar-refractivity contribution in [2.45, 2.75) is 25.7 Å². The van der Waals surface area contributed by atoms with Gasteiger partial charge in [0.1, 0.15) is 11.6 Å². The highest BCUT2D eigenvalue weighted by molar-refractivity contribution is 5.54. The molecule has 2 aromatic rings. The van der Waals surface area contributed by atoms with Crippen molar-refractivity contribution in [1.82, 2.24) is 19.9 Å². The largest absolute Gasteiger partial charge is 0.368 e. The second-order valence-corrected chi connectivity index (χ2v) is 6.08. The number of fused-ring (bicyclic) bond motifs is 1. The van der Waals surface area contributed by atoms with Crippen LogP contribution in [0.5, 0.6) is 0 Å². The molecule has 4 rings (SSSR count). The monoisotopic (exact) mass is 311 g/mol. The first-order valence-corrected chi connectivity index (χ1v) is 8.22. The summed E-state index contributed by atoms with van der Waals surface area (Å²) in [5, 5.41) is 0. The fourth-order valence-electron chi connectivity index (χ4n) is 3.46. The zero-order valence-electron chi connectivity index (χ0n) is 13.1. The van der Waals surface area contributed by atoms with Crippen LogP contribution < -0.4 is 15.5 Å². The van der Waals surface area contributed by atoms with Crippen molar-refractivity contribution in [2.75, 3.05) is 41.7 Å². The predicted octanol–water partition coefficient (Wildman–Crippen LogP) is 1.05. The van der Waals surface area contributed by atoms with Crippen molar-refractivity contribution in [1.29, 1.82) is 0 Å². The molecule has 0 atom stereocenters. The van der Waals surface area contributed by atoms with Crippen molar-refractivity contribution >= 4 is 17.6 Å². The van der Waals surface area contributed by atoms with Gasteiger partial charge >= 0.3 is 0 Å². The van der Waals surface area contributed by atoms with Crippen molar-refractivity contribution in [3.63, 3.8) is 0 Å². The van der Waals surface area contributed by atoms with Gasteiger partial charge in [-0.1, -0.05) is 0 Å². The molecule has 23 heavy (non-hydrogen) atoms. The molecule has 0 radical (unpaired) electrons. The van der Waals surface area contributed by atoms with Crippen LogP contribution in [0.1, 0.15) is 24.1 Å². The van der Waals surface area contributed by atoms with Gasteiger partial charge in [0.2, 0.25) is 5.95 Å². The molecule has 2 N–H and O–H groups in total. The summed E-state index contributed by atoms with van der Waals surface area (Å²) in [6.45, 7) is 3.66. The van der Waals surface area contributed by atoms with Crippen LogP contribution >= 0.6 is 0 Å². The second kappa shape index (κ2) is 5.98. The lowest BCUT2D eigenvalue weighted by Crippen LogP contribution is -2.47. The third kappa shape index (κ3) is 2.78. The van der Waals surface area contributed by atoms with E-state index in [1.165, 1.54) is 18.4 Å². The van der Waals surface area contributed by atoms with Crippen LogP contribution in [0.3, 0.4) is 0 Å². The summed E-state index contributed by atoms with van der Waals surface area (Å²) in [5.41, 5.74) is 8.38. The molecule has 0 unspecified atom stereocenters. The Morgan fingerprint density at radius 2 is 1.70 bits per heavy atom. The van der Waals surface area contributed by atoms with Gasteiger partial charge < -0.3 is 15.5 Å². The van der Waals surface area contributed by atoms with Gasteiger partial charge in [-0.2, -0.15) is 4.98 Å². The lowest BCUT2D eigenvalue weighted by Gasteiger charge is -2.37. The summed E-state index contributed by atoms with van der Waals surface area (Å²) in [7, 11) is 0. The molecule has 2 aliphatic rings. The SMILES string of the molecule is Nc1nc2c(c(N3CCN(c4cnccn4)CC3)n1)CCCC2. The summed E-state index contributed by atoms with van der Waals surface area (Å²) >= 11 is 0. The van der Waals surface area contributed by atoms with Crippen LogP contribution in [0.25, 0.3) is 0 Å². The van der Waals surface area contributed by atoms with Crippen molar-refractivity contribution in [2.24, 2.45) is 0 Å². The fourth-order valence-corrected chi connectivity index (χ4v) is 3.46. The van der Waals surface area contributed by atoms with Gasteiger partial charge in [0.05, 0.1) is 11.9 Å². The standard InChI is InChI=1S/C16H21N7/c17-16-20-13-4-2-1-3-12(13)15(21-16)23-9-7-22(8-10-23)14-11-18-5-6-19-14/h5-6,11H,1-4,7-10H2,(H2,17,20,21). The number of anilines is 3. The number of rotatable bonds is 2. The number of hydrogen-bond acceptors (Lipinski definition) is 7. The zero-order valence-corrected chi connectivity index (χ0v) is 13.1. The lowest BCUT2D eigenvalue weighted by molar-refractivity contribution is 0.620. The zero-order chi connectivity index (χ0) is 15.6. The highest BCUT2D eigenvalue weighted by Gasteiger charge is 2.24. The first kappa shape index (κ1) is 14.2. The average molecular weight is 311 g/mol. The highest BCUT2D eigenvalue weighted by atomic mass is 15.3. The van der Waals surface area contributed by atoms with Crippen LogP contribution in [0.15, 0.2) is 18.6 Å². The number of hydrogen-bond donors (Lipinski definition) is 1. The van der Waals surface area contributed by atoms with Crippen LogP contribution in [-0.2, 0) is 12.8 Å². The summed E-state index contributed by atoms with van der Waals surface area (Å²) in [5.74, 6) is 2.39. The Hall–Kier alpha value is -2.44.